The molecule has 0 saturated carbocycles. The maximum absolute atomic E-state index is 13.0. The number of carbonyl (C=O) groups excluding carboxylic acids is 1. The summed E-state index contributed by atoms with van der Waals surface area (Å²) in [6.07, 6.45) is 1.63. The van der Waals surface area contributed by atoms with Crippen molar-refractivity contribution >= 4 is 11.7 Å². The summed E-state index contributed by atoms with van der Waals surface area (Å²) < 4.78 is 16.1. The van der Waals surface area contributed by atoms with E-state index in [9.17, 15) is 4.79 Å². The molecule has 1 fully saturated rings. The molecule has 0 radical (unpaired) electrons. The zero-order valence-electron chi connectivity index (χ0n) is 17.2. The highest BCUT2D eigenvalue weighted by atomic mass is 16.5. The summed E-state index contributed by atoms with van der Waals surface area (Å²) in [5.41, 5.74) is 2.58. The summed E-state index contributed by atoms with van der Waals surface area (Å²) in [7, 11) is 3.13. The molecule has 0 bridgehead atoms. The van der Waals surface area contributed by atoms with Crippen LogP contribution in [0.15, 0.2) is 47.0 Å². The zero-order valence-corrected chi connectivity index (χ0v) is 17.2. The Kier molecular flexibility index (Phi) is 5.56. The number of aryl methyl sites for hydroxylation is 1. The molecule has 0 unspecified atom stereocenters. The van der Waals surface area contributed by atoms with Crippen molar-refractivity contribution in [3.63, 3.8) is 0 Å². The predicted molar refractivity (Wildman–Crippen MR) is 112 cm³/mol. The number of carbonyl (C=O) groups is 1. The van der Waals surface area contributed by atoms with Crippen molar-refractivity contribution in [2.24, 2.45) is 0 Å². The molecule has 0 aliphatic carbocycles. The number of urea groups is 1. The minimum atomic E-state index is -0.264. The number of amides is 2. The first-order valence-corrected chi connectivity index (χ1v) is 9.79. The average Bonchev–Trinajstić information content (AvgIpc) is 3.43. The van der Waals surface area contributed by atoms with E-state index in [2.05, 4.69) is 15.5 Å². The van der Waals surface area contributed by atoms with E-state index in [4.69, 9.17) is 14.0 Å². The summed E-state index contributed by atoms with van der Waals surface area (Å²) in [4.78, 5) is 19.3. The van der Waals surface area contributed by atoms with E-state index in [1.165, 1.54) is 0 Å². The minimum absolute atomic E-state index is 0.240. The van der Waals surface area contributed by atoms with Gasteiger partial charge in [0.2, 0.25) is 11.7 Å². The van der Waals surface area contributed by atoms with Gasteiger partial charge in [-0.1, -0.05) is 28.9 Å². The van der Waals surface area contributed by atoms with Gasteiger partial charge in [0.05, 0.1) is 19.9 Å². The van der Waals surface area contributed by atoms with E-state index < -0.39 is 0 Å². The Morgan fingerprint density at radius 2 is 2.07 bits per heavy atom. The normalized spacial score (nSPS) is 15.8. The Morgan fingerprint density at radius 1 is 1.20 bits per heavy atom. The number of nitrogens with one attached hydrogen (secondary N) is 1. The number of aromatic nitrogens is 2. The lowest BCUT2D eigenvalue weighted by Crippen LogP contribution is -2.34. The highest BCUT2D eigenvalue weighted by molar-refractivity contribution is 5.91. The highest BCUT2D eigenvalue weighted by Crippen LogP contribution is 2.34. The lowest BCUT2D eigenvalue weighted by Gasteiger charge is -2.23. The second-order valence-electron chi connectivity index (χ2n) is 7.17. The van der Waals surface area contributed by atoms with Crippen LogP contribution in [0, 0.1) is 6.92 Å². The van der Waals surface area contributed by atoms with Crippen molar-refractivity contribution in [1.29, 1.82) is 0 Å². The van der Waals surface area contributed by atoms with Crippen LogP contribution >= 0.6 is 0 Å². The number of benzene rings is 2. The third kappa shape index (κ3) is 3.94. The topological polar surface area (TPSA) is 89.7 Å². The molecule has 3 aromatic rings. The second-order valence-corrected chi connectivity index (χ2v) is 7.17. The Hall–Kier alpha value is -3.55. The highest BCUT2D eigenvalue weighted by Gasteiger charge is 2.34. The molecule has 1 N–H and O–H groups in total. The fourth-order valence-corrected chi connectivity index (χ4v) is 3.63. The standard InChI is InChI=1S/C22H24N4O4/c1-14-6-4-7-15(12-14)20-24-21(30-25-20)18-8-5-11-26(18)22(27)23-17-10-9-16(28-2)13-19(17)29-3/h4,6-7,9-10,12-13,18H,5,8,11H2,1-3H3,(H,23,27)/t18-/m1/s1. The molecular weight excluding hydrogens is 384 g/mol. The molecule has 1 atom stereocenters. The Bertz CT molecular complexity index is 1050. The molecule has 2 amide bonds. The number of ether oxygens (including phenoxy) is 2. The molecule has 4 rings (SSSR count). The molecule has 2 heterocycles. The average molecular weight is 408 g/mol. The number of methoxy groups -OCH3 is 2. The van der Waals surface area contributed by atoms with Gasteiger partial charge >= 0.3 is 6.03 Å². The lowest BCUT2D eigenvalue weighted by molar-refractivity contribution is 0.193. The van der Waals surface area contributed by atoms with E-state index in [1.54, 1.807) is 37.3 Å². The van der Waals surface area contributed by atoms with E-state index >= 15 is 0 Å². The maximum Gasteiger partial charge on any atom is 0.322 e. The number of nitrogens with zero attached hydrogens (tertiary/aromatic N) is 3. The first-order chi connectivity index (χ1) is 14.6. The van der Waals surface area contributed by atoms with Gasteiger partial charge in [0, 0.05) is 18.2 Å². The van der Waals surface area contributed by atoms with Crippen molar-refractivity contribution in [3.8, 4) is 22.9 Å². The summed E-state index contributed by atoms with van der Waals surface area (Å²) in [6, 6.07) is 12.7. The van der Waals surface area contributed by atoms with Gasteiger partial charge < -0.3 is 24.2 Å². The van der Waals surface area contributed by atoms with Gasteiger partial charge in [-0.15, -0.1) is 0 Å². The summed E-state index contributed by atoms with van der Waals surface area (Å²) in [5.74, 6) is 2.15. The van der Waals surface area contributed by atoms with Gasteiger partial charge in [-0.05, 0) is 38.0 Å². The molecule has 1 saturated heterocycles. The van der Waals surface area contributed by atoms with Gasteiger partial charge in [-0.2, -0.15) is 4.98 Å². The molecule has 1 aliphatic heterocycles. The van der Waals surface area contributed by atoms with Gasteiger partial charge in [0.15, 0.2) is 0 Å². The number of likely N-dealkylation sites (tertiary alicyclic amines) is 1. The van der Waals surface area contributed by atoms with Crippen molar-refractivity contribution in [1.82, 2.24) is 15.0 Å². The Morgan fingerprint density at radius 3 is 2.83 bits per heavy atom. The van der Waals surface area contributed by atoms with Crippen LogP contribution in [-0.2, 0) is 0 Å². The van der Waals surface area contributed by atoms with Gasteiger partial charge in [0.25, 0.3) is 0 Å². The van der Waals surface area contributed by atoms with Crippen LogP contribution in [0.25, 0.3) is 11.4 Å². The van der Waals surface area contributed by atoms with Crippen LogP contribution in [0.4, 0.5) is 10.5 Å². The fraction of sp³-hybridized carbons (Fsp3) is 0.318. The largest absolute Gasteiger partial charge is 0.497 e. The van der Waals surface area contributed by atoms with Crippen LogP contribution in [0.2, 0.25) is 0 Å². The van der Waals surface area contributed by atoms with Crippen molar-refractivity contribution in [2.45, 2.75) is 25.8 Å². The van der Waals surface area contributed by atoms with Crippen molar-refractivity contribution in [2.75, 3.05) is 26.1 Å². The second kappa shape index (κ2) is 8.44. The van der Waals surface area contributed by atoms with Crippen molar-refractivity contribution in [3.05, 3.63) is 53.9 Å². The molecule has 1 aliphatic rings. The van der Waals surface area contributed by atoms with Crippen LogP contribution in [-0.4, -0.2) is 41.8 Å². The summed E-state index contributed by atoms with van der Waals surface area (Å²) in [5, 5.41) is 7.03. The maximum atomic E-state index is 13.0. The number of rotatable bonds is 5. The minimum Gasteiger partial charge on any atom is -0.497 e. The monoisotopic (exact) mass is 408 g/mol. The molecule has 156 valence electrons. The van der Waals surface area contributed by atoms with Crippen LogP contribution in [0.1, 0.15) is 30.3 Å². The summed E-state index contributed by atoms with van der Waals surface area (Å²) in [6.45, 7) is 2.62. The first-order valence-electron chi connectivity index (χ1n) is 9.79. The molecule has 2 aromatic carbocycles. The van der Waals surface area contributed by atoms with E-state index in [0.717, 1.165) is 24.0 Å². The molecular formula is C22H24N4O4. The van der Waals surface area contributed by atoms with Crippen LogP contribution in [0.5, 0.6) is 11.5 Å². The zero-order chi connectivity index (χ0) is 21.1. The third-order valence-electron chi connectivity index (χ3n) is 5.17. The molecule has 8 nitrogen and oxygen atoms in total. The van der Waals surface area contributed by atoms with Gasteiger partial charge in [-0.25, -0.2) is 4.79 Å². The van der Waals surface area contributed by atoms with Crippen molar-refractivity contribution < 1.29 is 18.8 Å². The van der Waals surface area contributed by atoms with Crippen LogP contribution < -0.4 is 14.8 Å². The number of hydrogen-bond acceptors (Lipinski definition) is 6. The quantitative estimate of drug-likeness (QED) is 0.672. The number of hydrogen-bond donors (Lipinski definition) is 1. The lowest BCUT2D eigenvalue weighted by atomic mass is 10.1. The molecule has 30 heavy (non-hydrogen) atoms. The van der Waals surface area contributed by atoms with Gasteiger partial charge in [-0.3, -0.25) is 0 Å². The third-order valence-corrected chi connectivity index (χ3v) is 5.17. The molecule has 0 spiro atoms. The predicted octanol–water partition coefficient (Wildman–Crippen LogP) is 4.43. The molecule has 1 aromatic heterocycles. The van der Waals surface area contributed by atoms with E-state index in [-0.39, 0.29) is 12.1 Å². The Balaban J connectivity index is 1.52. The number of anilines is 1. The first kappa shape index (κ1) is 19.8. The van der Waals surface area contributed by atoms with Gasteiger partial charge in [0.1, 0.15) is 17.5 Å². The smallest absolute Gasteiger partial charge is 0.322 e. The molecule has 8 heteroatoms. The van der Waals surface area contributed by atoms with E-state index in [0.29, 0.717) is 35.4 Å². The summed E-state index contributed by atoms with van der Waals surface area (Å²) >= 11 is 0. The van der Waals surface area contributed by atoms with E-state index in [1.807, 2.05) is 31.2 Å². The fourth-order valence-electron chi connectivity index (χ4n) is 3.63. The SMILES string of the molecule is COc1ccc(NC(=O)N2CCC[C@@H]2c2nc(-c3cccc(C)c3)no2)c(OC)c1. The Labute approximate surface area is 174 Å². The van der Waals surface area contributed by atoms with Crippen LogP contribution in [0.3, 0.4) is 0 Å².